The number of aliphatic carboxylic acids is 1. The van der Waals surface area contributed by atoms with Crippen molar-refractivity contribution in [3.63, 3.8) is 0 Å². The van der Waals surface area contributed by atoms with Crippen molar-refractivity contribution in [3.8, 4) is 0 Å². The Morgan fingerprint density at radius 2 is 1.24 bits per heavy atom. The smallest absolute Gasteiger partial charge is 0.326 e. The number of unbranched alkanes of at least 4 members (excludes halogenated alkanes) is 1. The number of primary amides is 1. The van der Waals surface area contributed by atoms with Crippen LogP contribution in [0.5, 0.6) is 0 Å². The monoisotopic (exact) mass is 967 g/mol. The summed E-state index contributed by atoms with van der Waals surface area (Å²) < 4.78 is 0. The molecule has 9 atom stereocenters. The maximum atomic E-state index is 13.6. The van der Waals surface area contributed by atoms with Crippen molar-refractivity contribution in [3.05, 3.63) is 0 Å². The molecule has 2 heterocycles. The van der Waals surface area contributed by atoms with E-state index in [0.29, 0.717) is 32.2 Å². The summed E-state index contributed by atoms with van der Waals surface area (Å²) in [7, 11) is 0. The largest absolute Gasteiger partial charge is 0.480 e. The minimum atomic E-state index is -1.35. The lowest BCUT2D eigenvalue weighted by atomic mass is 10.0. The molecule has 25 nitrogen and oxygen atoms in total. The van der Waals surface area contributed by atoms with Crippen LogP contribution in [-0.4, -0.2) is 167 Å². The van der Waals surface area contributed by atoms with Crippen LogP contribution >= 0.6 is 0 Å². The zero-order valence-electron chi connectivity index (χ0n) is 39.9. The molecule has 0 radical (unpaired) electrons. The second-order valence-electron chi connectivity index (χ2n) is 18.2. The topological polar surface area (TPSA) is 392 Å². The van der Waals surface area contributed by atoms with Gasteiger partial charge in [-0.2, -0.15) is 0 Å². The number of carbonyl (C=O) groups is 11. The molecule has 0 spiro atoms. The van der Waals surface area contributed by atoms with Crippen molar-refractivity contribution >= 4 is 65.0 Å². The van der Waals surface area contributed by atoms with Gasteiger partial charge in [-0.1, -0.05) is 27.7 Å². The number of rotatable bonds is 29. The van der Waals surface area contributed by atoms with Crippen LogP contribution in [0.15, 0.2) is 0 Å². The lowest BCUT2D eigenvalue weighted by Gasteiger charge is -2.27. The van der Waals surface area contributed by atoms with Crippen LogP contribution in [-0.2, 0) is 52.7 Å². The minimum absolute atomic E-state index is 0.0831. The maximum absolute atomic E-state index is 13.6. The van der Waals surface area contributed by atoms with Gasteiger partial charge in [0.05, 0.1) is 25.2 Å². The predicted octanol–water partition coefficient (Wildman–Crippen LogP) is -4.55. The van der Waals surface area contributed by atoms with E-state index in [0.717, 1.165) is 0 Å². The van der Waals surface area contributed by atoms with Crippen LogP contribution in [0, 0.1) is 11.8 Å². The molecule has 0 unspecified atom stereocenters. The first-order valence-electron chi connectivity index (χ1n) is 23.2. The number of hydrogen-bond donors (Lipinski definition) is 13. The highest BCUT2D eigenvalue weighted by atomic mass is 16.4. The van der Waals surface area contributed by atoms with Crippen molar-refractivity contribution < 1.29 is 63.0 Å². The SMILES string of the molecule is CC(C)C[C@H](NC(=O)[C@H](C)NC(=O)[C@H](CC(C)C)NC(=O)[C@H](CCC(N)=O)NC(=O)CNC(=O)[C@H]1C[C@H](O)CN1)C(=O)N[C@@H](C)C(=O)NCC(=O)N1CCC[C@H]1C(=O)N[C@@H](CCCCN)C(=O)O. The quantitative estimate of drug-likeness (QED) is 0.0314. The minimum Gasteiger partial charge on any atom is -0.480 e. The van der Waals surface area contributed by atoms with Gasteiger partial charge in [0, 0.05) is 19.5 Å². The van der Waals surface area contributed by atoms with E-state index in [4.69, 9.17) is 11.5 Å². The van der Waals surface area contributed by atoms with E-state index in [2.05, 4.69) is 47.9 Å². The van der Waals surface area contributed by atoms with Crippen LogP contribution in [0.25, 0.3) is 0 Å². The average Bonchev–Trinajstić information content (AvgIpc) is 3.94. The standard InChI is InChI=1S/C43H74N12O13/c1-22(2)16-30(40(64)49-24(5)36(60)48-21-35(59)55-15-9-11-32(55)42(66)52-28(43(67)68)10-7-8-14-44)53-37(61)25(6)50-41(65)31(17-23(3)4)54-39(63)27(12-13-33(45)57)51-34(58)20-47-38(62)29-18-26(56)19-46-29/h22-32,46,56H,7-21,44H2,1-6H3,(H2,45,57)(H,47,62)(H,48,60)(H,49,64)(H,50,65)(H,51,58)(H,52,66)(H,53,61)(H,54,63)(H,67,68)/t24-,25-,26-,27-,28-,29+,30-,31-,32-/m0/s1. The Morgan fingerprint density at radius 1 is 0.662 bits per heavy atom. The van der Waals surface area contributed by atoms with Crippen LogP contribution in [0.4, 0.5) is 0 Å². The number of amides is 10. The first-order valence-corrected chi connectivity index (χ1v) is 23.2. The molecule has 10 amide bonds. The van der Waals surface area contributed by atoms with Gasteiger partial charge in [0.2, 0.25) is 59.1 Å². The second-order valence-corrected chi connectivity index (χ2v) is 18.2. The Labute approximate surface area is 396 Å². The van der Waals surface area contributed by atoms with Crippen molar-refractivity contribution in [2.75, 3.05) is 32.7 Å². The molecular weight excluding hydrogens is 893 g/mol. The number of likely N-dealkylation sites (tertiary alicyclic amines) is 1. The number of carboxylic acids is 1. The van der Waals surface area contributed by atoms with E-state index in [9.17, 15) is 63.0 Å². The van der Waals surface area contributed by atoms with Crippen molar-refractivity contribution in [2.24, 2.45) is 23.3 Å². The first-order chi connectivity index (χ1) is 31.9. The summed E-state index contributed by atoms with van der Waals surface area (Å²) in [4.78, 5) is 143. The van der Waals surface area contributed by atoms with Gasteiger partial charge < -0.3 is 74.4 Å². The van der Waals surface area contributed by atoms with E-state index < -0.39 is 133 Å². The van der Waals surface area contributed by atoms with Crippen molar-refractivity contribution in [1.82, 2.24) is 52.8 Å². The van der Waals surface area contributed by atoms with Crippen LogP contribution in [0.1, 0.15) is 106 Å². The molecule has 2 rings (SSSR count). The summed E-state index contributed by atoms with van der Waals surface area (Å²) in [6, 6.07) is -9.01. The number of nitrogens with one attached hydrogen (secondary N) is 9. The van der Waals surface area contributed by atoms with Gasteiger partial charge >= 0.3 is 5.97 Å². The Morgan fingerprint density at radius 3 is 1.76 bits per heavy atom. The Bertz CT molecular complexity index is 1800. The summed E-state index contributed by atoms with van der Waals surface area (Å²) in [6.45, 7) is 9.61. The summed E-state index contributed by atoms with van der Waals surface area (Å²) in [6.07, 6.45) is 1.11. The van der Waals surface area contributed by atoms with E-state index in [-0.39, 0.29) is 63.5 Å². The highest BCUT2D eigenvalue weighted by molar-refractivity contribution is 5.97. The number of hydrogen-bond acceptors (Lipinski definition) is 14. The first kappa shape index (κ1) is 58.2. The van der Waals surface area contributed by atoms with Gasteiger partial charge in [0.1, 0.15) is 42.3 Å². The van der Waals surface area contributed by atoms with Gasteiger partial charge in [-0.05, 0) is 90.0 Å². The Kier molecular flexibility index (Phi) is 24.9. The molecule has 25 heteroatoms. The van der Waals surface area contributed by atoms with Gasteiger partial charge in [0.15, 0.2) is 0 Å². The number of carboxylic acid groups (broad SMARTS) is 1. The molecule has 2 aliphatic rings. The number of β-amino-alcohol motifs (C(OH)–C–C–N with tert-alkyl or cyclic N) is 1. The molecule has 2 aliphatic heterocycles. The Balaban J connectivity index is 2.02. The Hall–Kier alpha value is -5.95. The molecule has 0 bridgehead atoms. The van der Waals surface area contributed by atoms with Gasteiger partial charge in [0.25, 0.3) is 0 Å². The number of nitrogens with two attached hydrogens (primary N) is 2. The van der Waals surface area contributed by atoms with E-state index in [1.54, 1.807) is 27.7 Å². The van der Waals surface area contributed by atoms with E-state index in [1.165, 1.54) is 18.7 Å². The zero-order valence-corrected chi connectivity index (χ0v) is 39.9. The third-order valence-electron chi connectivity index (χ3n) is 11.2. The molecule has 0 saturated carbocycles. The number of aliphatic hydroxyl groups excluding tert-OH is 1. The second kappa shape index (κ2) is 29.1. The van der Waals surface area contributed by atoms with Gasteiger partial charge in [-0.3, -0.25) is 47.9 Å². The molecule has 2 saturated heterocycles. The fourth-order valence-corrected chi connectivity index (χ4v) is 7.52. The summed E-state index contributed by atoms with van der Waals surface area (Å²) in [5.74, 6) is -8.68. The molecule has 68 heavy (non-hydrogen) atoms. The summed E-state index contributed by atoms with van der Waals surface area (Å²) in [5, 5.41) is 42.1. The highest BCUT2D eigenvalue weighted by Gasteiger charge is 2.37. The van der Waals surface area contributed by atoms with Gasteiger partial charge in [-0.15, -0.1) is 0 Å². The third kappa shape index (κ3) is 20.5. The van der Waals surface area contributed by atoms with Crippen LogP contribution < -0.4 is 59.3 Å². The highest BCUT2D eigenvalue weighted by Crippen LogP contribution is 2.18. The predicted molar refractivity (Wildman–Crippen MR) is 244 cm³/mol. The normalized spacial score (nSPS) is 19.3. The van der Waals surface area contributed by atoms with E-state index >= 15 is 0 Å². The molecule has 0 aromatic rings. The molecule has 0 aromatic carbocycles. The maximum Gasteiger partial charge on any atom is 0.326 e. The molecule has 0 aliphatic carbocycles. The number of aliphatic hydroxyl groups is 1. The number of nitrogens with zero attached hydrogens (tertiary/aromatic N) is 1. The molecule has 384 valence electrons. The molecular formula is C43H74N12O13. The fraction of sp³-hybridized carbons (Fsp3) is 0.744. The van der Waals surface area contributed by atoms with Crippen LogP contribution in [0.3, 0.4) is 0 Å². The summed E-state index contributed by atoms with van der Waals surface area (Å²) >= 11 is 0. The van der Waals surface area contributed by atoms with Crippen molar-refractivity contribution in [2.45, 2.75) is 160 Å². The van der Waals surface area contributed by atoms with Gasteiger partial charge in [-0.25, -0.2) is 4.79 Å². The lowest BCUT2D eigenvalue weighted by molar-refractivity contribution is -0.144. The average molecular weight is 967 g/mol. The molecule has 15 N–H and O–H groups in total. The molecule has 2 fully saturated rings. The van der Waals surface area contributed by atoms with Crippen molar-refractivity contribution in [1.29, 1.82) is 0 Å². The number of carbonyl (C=O) groups excluding carboxylic acids is 10. The molecule has 0 aromatic heterocycles. The summed E-state index contributed by atoms with van der Waals surface area (Å²) in [5.41, 5.74) is 10.8. The fourth-order valence-electron chi connectivity index (χ4n) is 7.52. The van der Waals surface area contributed by atoms with Crippen LogP contribution in [0.2, 0.25) is 0 Å². The van der Waals surface area contributed by atoms with E-state index in [1.807, 2.05) is 0 Å². The third-order valence-corrected chi connectivity index (χ3v) is 11.2. The zero-order chi connectivity index (χ0) is 51.2. The lowest BCUT2D eigenvalue weighted by Crippen LogP contribution is -2.59.